The molecule has 2 rings (SSSR count). The number of likely N-dealkylation sites (tertiary alicyclic amines) is 1. The largest absolute Gasteiger partial charge is 0.480 e. The lowest BCUT2D eigenvalue weighted by atomic mass is 9.68. The predicted molar refractivity (Wildman–Crippen MR) is 89.0 cm³/mol. The molecule has 0 saturated carbocycles. The molecule has 2 saturated heterocycles. The Morgan fingerprint density at radius 3 is 2.54 bits per heavy atom. The van der Waals surface area contributed by atoms with Crippen LogP contribution in [-0.2, 0) is 9.59 Å². The first kappa shape index (κ1) is 19.2. The fraction of sp³-hybridized carbons (Fsp3) is 0.867. The molecule has 0 aromatic heterocycles. The van der Waals surface area contributed by atoms with E-state index in [1.54, 1.807) is 4.90 Å². The molecule has 1 unspecified atom stereocenters. The number of aliphatic carboxylic acids is 1. The average Bonchev–Trinajstić information content (AvgIpc) is 2.98. The zero-order valence-corrected chi connectivity index (χ0v) is 14.4. The zero-order chi connectivity index (χ0) is 18.1. The normalized spacial score (nSPS) is 30.5. The Hall–Kier alpha value is -1.16. The third kappa shape index (κ3) is 3.18. The molecule has 3 atom stereocenters. The van der Waals surface area contributed by atoms with Crippen LogP contribution in [0.25, 0.3) is 0 Å². The minimum atomic E-state index is -1.40. The number of carboxylic acids is 1. The number of nitrogens with zero attached hydrogens (tertiary/aromatic N) is 1. The highest BCUT2D eigenvalue weighted by atomic mass is 16.4. The number of rotatable bonds is 7. The molecule has 24 heavy (non-hydrogen) atoms. The molecule has 0 bridgehead atoms. The Morgan fingerprint density at radius 2 is 2.00 bits per heavy atom. The molecule has 0 aromatic carbocycles. The smallest absolute Gasteiger partial charge is 0.451 e. The zero-order valence-electron chi connectivity index (χ0n) is 14.4. The molecule has 1 amide bonds. The van der Waals surface area contributed by atoms with Crippen LogP contribution < -0.4 is 11.1 Å². The maximum Gasteiger partial charge on any atom is 0.451 e. The quantitative estimate of drug-likeness (QED) is 0.370. The van der Waals surface area contributed by atoms with Gasteiger partial charge in [-0.1, -0.05) is 20.3 Å². The molecule has 6 N–H and O–H groups in total. The standard InChI is InChI=1S/C15H28BN3O5/c1-10(2)11(17)12(20)19-8-14(4-3-6-16(23)24)5-7-18-15(14,9-19)13(21)22/h10-11,18,23-24H,3-9,17H2,1-2H3,(H,21,22)/t11?,14-,15-/m1/s1. The van der Waals surface area contributed by atoms with Crippen molar-refractivity contribution in [2.75, 3.05) is 19.6 Å². The summed E-state index contributed by atoms with van der Waals surface area (Å²) in [6.45, 7) is 4.74. The summed E-state index contributed by atoms with van der Waals surface area (Å²) in [7, 11) is -1.40. The van der Waals surface area contributed by atoms with Crippen LogP contribution in [0.4, 0.5) is 0 Å². The molecule has 2 fully saturated rings. The molecule has 0 spiro atoms. The van der Waals surface area contributed by atoms with Gasteiger partial charge in [-0.3, -0.25) is 14.9 Å². The Labute approximate surface area is 142 Å². The molecule has 2 heterocycles. The summed E-state index contributed by atoms with van der Waals surface area (Å²) in [4.78, 5) is 26.2. The third-order valence-corrected chi connectivity index (χ3v) is 5.66. The molecule has 2 aliphatic heterocycles. The van der Waals surface area contributed by atoms with Gasteiger partial charge < -0.3 is 25.8 Å². The molecular formula is C15H28BN3O5. The van der Waals surface area contributed by atoms with Crippen LogP contribution >= 0.6 is 0 Å². The van der Waals surface area contributed by atoms with E-state index in [4.69, 9.17) is 15.8 Å². The summed E-state index contributed by atoms with van der Waals surface area (Å²) >= 11 is 0. The van der Waals surface area contributed by atoms with Crippen molar-refractivity contribution >= 4 is 19.0 Å². The van der Waals surface area contributed by atoms with Crippen LogP contribution in [0.15, 0.2) is 0 Å². The minimum absolute atomic E-state index is 0.0211. The van der Waals surface area contributed by atoms with Crippen molar-refractivity contribution in [2.45, 2.75) is 51.0 Å². The topological polar surface area (TPSA) is 136 Å². The number of carbonyl (C=O) groups is 2. The first-order valence-electron chi connectivity index (χ1n) is 8.54. The molecule has 0 radical (unpaired) electrons. The van der Waals surface area contributed by atoms with Gasteiger partial charge in [0.15, 0.2) is 0 Å². The van der Waals surface area contributed by atoms with Gasteiger partial charge in [-0.2, -0.15) is 0 Å². The van der Waals surface area contributed by atoms with Crippen LogP contribution in [0, 0.1) is 11.3 Å². The molecule has 9 heteroatoms. The third-order valence-electron chi connectivity index (χ3n) is 5.66. The SMILES string of the molecule is CC(C)C(N)C(=O)N1C[C@@]2(CCCB(O)O)CCN[C@@]2(C(=O)O)C1. The summed E-state index contributed by atoms with van der Waals surface area (Å²) in [5.74, 6) is -1.20. The van der Waals surface area contributed by atoms with Crippen molar-refractivity contribution in [1.82, 2.24) is 10.2 Å². The Bertz CT molecular complexity index is 504. The number of carbonyl (C=O) groups excluding carboxylic acids is 1. The average molecular weight is 341 g/mol. The minimum Gasteiger partial charge on any atom is -0.480 e. The number of amides is 1. The number of hydrogen-bond acceptors (Lipinski definition) is 6. The van der Waals surface area contributed by atoms with Gasteiger partial charge in [0.1, 0.15) is 5.54 Å². The molecule has 2 aliphatic rings. The van der Waals surface area contributed by atoms with E-state index in [1.807, 2.05) is 13.8 Å². The van der Waals surface area contributed by atoms with Gasteiger partial charge in [-0.05, 0) is 31.6 Å². The predicted octanol–water partition coefficient (Wildman–Crippen LogP) is -1.13. The van der Waals surface area contributed by atoms with Crippen molar-refractivity contribution in [2.24, 2.45) is 17.1 Å². The fourth-order valence-electron chi connectivity index (χ4n) is 4.12. The van der Waals surface area contributed by atoms with Gasteiger partial charge in [-0.15, -0.1) is 0 Å². The second-order valence-electron chi connectivity index (χ2n) is 7.50. The summed E-state index contributed by atoms with van der Waals surface area (Å²) in [6, 6.07) is -0.647. The van der Waals surface area contributed by atoms with Crippen LogP contribution in [0.3, 0.4) is 0 Å². The maximum atomic E-state index is 12.6. The highest BCUT2D eigenvalue weighted by Crippen LogP contribution is 2.50. The van der Waals surface area contributed by atoms with Gasteiger partial charge in [0, 0.05) is 12.0 Å². The first-order valence-corrected chi connectivity index (χ1v) is 8.54. The number of hydrogen-bond donors (Lipinski definition) is 5. The van der Waals surface area contributed by atoms with E-state index in [1.165, 1.54) is 0 Å². The van der Waals surface area contributed by atoms with E-state index in [9.17, 15) is 14.7 Å². The van der Waals surface area contributed by atoms with Crippen LogP contribution in [0.1, 0.15) is 33.1 Å². The Morgan fingerprint density at radius 1 is 1.33 bits per heavy atom. The van der Waals surface area contributed by atoms with Crippen LogP contribution in [0.2, 0.25) is 6.32 Å². The van der Waals surface area contributed by atoms with E-state index >= 15 is 0 Å². The van der Waals surface area contributed by atoms with Gasteiger partial charge in [-0.25, -0.2) is 0 Å². The summed E-state index contributed by atoms with van der Waals surface area (Å²) < 4.78 is 0. The Kier molecular flexibility index (Phi) is 5.59. The fourth-order valence-corrected chi connectivity index (χ4v) is 4.12. The second-order valence-corrected chi connectivity index (χ2v) is 7.50. The first-order chi connectivity index (χ1) is 11.1. The molecule has 136 valence electrons. The molecule has 0 aromatic rings. The summed E-state index contributed by atoms with van der Waals surface area (Å²) in [6.07, 6.45) is 1.84. The number of nitrogens with one attached hydrogen (secondary N) is 1. The lowest BCUT2D eigenvalue weighted by Gasteiger charge is -2.35. The molecule has 8 nitrogen and oxygen atoms in total. The van der Waals surface area contributed by atoms with E-state index in [-0.39, 0.29) is 24.7 Å². The van der Waals surface area contributed by atoms with E-state index in [2.05, 4.69) is 5.32 Å². The van der Waals surface area contributed by atoms with E-state index < -0.39 is 30.1 Å². The van der Waals surface area contributed by atoms with Gasteiger partial charge in [0.25, 0.3) is 0 Å². The van der Waals surface area contributed by atoms with Crippen molar-refractivity contribution in [3.05, 3.63) is 0 Å². The summed E-state index contributed by atoms with van der Waals surface area (Å²) in [5.41, 5.74) is 4.19. The number of fused-ring (bicyclic) bond motifs is 1. The highest BCUT2D eigenvalue weighted by molar-refractivity contribution is 6.40. The van der Waals surface area contributed by atoms with Gasteiger partial charge >= 0.3 is 13.1 Å². The van der Waals surface area contributed by atoms with Crippen LogP contribution in [-0.4, -0.2) is 70.3 Å². The second kappa shape index (κ2) is 6.99. The number of nitrogens with two attached hydrogens (primary N) is 1. The van der Waals surface area contributed by atoms with E-state index in [0.717, 1.165) is 0 Å². The van der Waals surface area contributed by atoms with Crippen LogP contribution in [0.5, 0.6) is 0 Å². The van der Waals surface area contributed by atoms with Crippen molar-refractivity contribution in [3.63, 3.8) is 0 Å². The number of carboxylic acid groups (broad SMARTS) is 1. The van der Waals surface area contributed by atoms with Gasteiger partial charge in [0.2, 0.25) is 5.91 Å². The lowest BCUT2D eigenvalue weighted by Crippen LogP contribution is -2.58. The highest BCUT2D eigenvalue weighted by Gasteiger charge is 2.65. The summed E-state index contributed by atoms with van der Waals surface area (Å²) in [5, 5.41) is 31.1. The van der Waals surface area contributed by atoms with E-state index in [0.29, 0.717) is 32.4 Å². The van der Waals surface area contributed by atoms with Gasteiger partial charge in [0.05, 0.1) is 12.6 Å². The van der Waals surface area contributed by atoms with Crippen molar-refractivity contribution in [3.8, 4) is 0 Å². The monoisotopic (exact) mass is 341 g/mol. The molecular weight excluding hydrogens is 313 g/mol. The lowest BCUT2D eigenvalue weighted by molar-refractivity contribution is -0.147. The van der Waals surface area contributed by atoms with Crippen molar-refractivity contribution in [1.29, 1.82) is 0 Å². The Balaban J connectivity index is 2.22. The van der Waals surface area contributed by atoms with Crippen molar-refractivity contribution < 1.29 is 24.7 Å². The molecule has 0 aliphatic carbocycles. The maximum absolute atomic E-state index is 12.6.